The Morgan fingerprint density at radius 1 is 1.30 bits per heavy atom. The standard InChI is InChI=1S/C28H38FN7S/c1-7-18(2)25(29)12-19(3)32-28-31-15-23-16-35(17-26(23)33-28)24-9-11-36(20(4)13-24)21(5)22-8-10-30-27(14-22)34-37-6/h8,10,12,14-15,20,24H,5,7,9,11,13,16-17H2,1-4,6H3,(H,30,34)(H,31,32,33)/b19-12+,25-18+/t20-,24+/m1/s1. The fourth-order valence-corrected chi connectivity index (χ4v) is 5.33. The minimum Gasteiger partial charge on any atom is -0.369 e. The molecule has 198 valence electrons. The third kappa shape index (κ3) is 6.51. The number of allylic oxidation sites excluding steroid dienone is 4. The van der Waals surface area contributed by atoms with Gasteiger partial charge in [-0.05, 0) is 63.8 Å². The lowest BCUT2D eigenvalue weighted by Crippen LogP contribution is -2.46. The highest BCUT2D eigenvalue weighted by molar-refractivity contribution is 7.99. The van der Waals surface area contributed by atoms with Gasteiger partial charge < -0.3 is 14.9 Å². The highest BCUT2D eigenvalue weighted by atomic mass is 32.2. The van der Waals surface area contributed by atoms with Crippen molar-refractivity contribution in [2.45, 2.75) is 72.1 Å². The van der Waals surface area contributed by atoms with Gasteiger partial charge in [0.25, 0.3) is 0 Å². The van der Waals surface area contributed by atoms with Gasteiger partial charge >= 0.3 is 0 Å². The molecular weight excluding hydrogens is 485 g/mol. The van der Waals surface area contributed by atoms with Gasteiger partial charge in [-0.2, -0.15) is 0 Å². The van der Waals surface area contributed by atoms with Gasteiger partial charge in [-0.3, -0.25) is 4.90 Å². The van der Waals surface area contributed by atoms with Crippen LogP contribution in [0.5, 0.6) is 0 Å². The van der Waals surface area contributed by atoms with E-state index in [0.717, 1.165) is 60.8 Å². The first-order valence-electron chi connectivity index (χ1n) is 12.9. The maximum atomic E-state index is 14.2. The smallest absolute Gasteiger partial charge is 0.227 e. The van der Waals surface area contributed by atoms with E-state index >= 15 is 0 Å². The molecule has 2 atom stereocenters. The summed E-state index contributed by atoms with van der Waals surface area (Å²) in [7, 11) is 0. The molecule has 2 N–H and O–H groups in total. The molecular formula is C28H38FN7S. The van der Waals surface area contributed by atoms with E-state index in [1.54, 1.807) is 6.92 Å². The summed E-state index contributed by atoms with van der Waals surface area (Å²) in [6.07, 6.45) is 10.1. The van der Waals surface area contributed by atoms with Crippen LogP contribution < -0.4 is 10.0 Å². The Balaban J connectivity index is 1.36. The van der Waals surface area contributed by atoms with Crippen LogP contribution in [0.1, 0.15) is 63.8 Å². The van der Waals surface area contributed by atoms with E-state index < -0.39 is 0 Å². The Morgan fingerprint density at radius 3 is 2.84 bits per heavy atom. The van der Waals surface area contributed by atoms with E-state index in [1.165, 1.54) is 23.6 Å². The summed E-state index contributed by atoms with van der Waals surface area (Å²) < 4.78 is 17.4. The molecule has 2 aliphatic rings. The lowest BCUT2D eigenvalue weighted by atomic mass is 9.95. The van der Waals surface area contributed by atoms with E-state index in [4.69, 9.17) is 4.98 Å². The van der Waals surface area contributed by atoms with Crippen LogP contribution in [-0.2, 0) is 13.1 Å². The van der Waals surface area contributed by atoms with E-state index in [1.807, 2.05) is 38.6 Å². The van der Waals surface area contributed by atoms with Crippen molar-refractivity contribution in [3.63, 3.8) is 0 Å². The van der Waals surface area contributed by atoms with Crippen LogP contribution in [0.4, 0.5) is 16.2 Å². The Hall–Kier alpha value is -2.91. The third-order valence-corrected chi connectivity index (χ3v) is 7.70. The second-order valence-corrected chi connectivity index (χ2v) is 10.5. The number of pyridine rings is 1. The third-order valence-electron chi connectivity index (χ3n) is 7.28. The minimum atomic E-state index is -0.205. The number of nitrogens with one attached hydrogen (secondary N) is 2. The summed E-state index contributed by atoms with van der Waals surface area (Å²) in [5.41, 5.74) is 5.79. The summed E-state index contributed by atoms with van der Waals surface area (Å²) in [4.78, 5) is 18.5. The molecule has 0 aliphatic carbocycles. The molecule has 2 aliphatic heterocycles. The molecule has 37 heavy (non-hydrogen) atoms. The molecule has 0 amide bonds. The first kappa shape index (κ1) is 27.1. The van der Waals surface area contributed by atoms with E-state index in [-0.39, 0.29) is 5.83 Å². The first-order chi connectivity index (χ1) is 17.8. The van der Waals surface area contributed by atoms with Crippen molar-refractivity contribution in [2.24, 2.45) is 0 Å². The summed E-state index contributed by atoms with van der Waals surface area (Å²) in [6.45, 7) is 14.9. The summed E-state index contributed by atoms with van der Waals surface area (Å²) in [6, 6.07) is 4.95. The molecule has 0 unspecified atom stereocenters. The molecule has 0 saturated carbocycles. The topological polar surface area (TPSA) is 69.2 Å². The predicted octanol–water partition coefficient (Wildman–Crippen LogP) is 6.37. The van der Waals surface area contributed by atoms with Crippen molar-refractivity contribution in [3.8, 4) is 0 Å². The minimum absolute atomic E-state index is 0.205. The van der Waals surface area contributed by atoms with Gasteiger partial charge in [0.1, 0.15) is 11.6 Å². The number of piperidine rings is 1. The fraction of sp³-hybridized carbons (Fsp3) is 0.464. The lowest BCUT2D eigenvalue weighted by molar-refractivity contribution is 0.102. The molecule has 9 heteroatoms. The van der Waals surface area contributed by atoms with Crippen LogP contribution in [0.15, 0.2) is 54.3 Å². The predicted molar refractivity (Wildman–Crippen MR) is 152 cm³/mol. The highest BCUT2D eigenvalue weighted by Gasteiger charge is 2.33. The van der Waals surface area contributed by atoms with Crippen molar-refractivity contribution >= 4 is 29.4 Å². The van der Waals surface area contributed by atoms with E-state index in [9.17, 15) is 4.39 Å². The maximum Gasteiger partial charge on any atom is 0.227 e. The normalized spacial score (nSPS) is 20.9. The molecule has 2 aromatic rings. The molecule has 0 bridgehead atoms. The van der Waals surface area contributed by atoms with Gasteiger partial charge in [0, 0.05) is 72.9 Å². The molecule has 2 aromatic heterocycles. The van der Waals surface area contributed by atoms with Gasteiger partial charge in [-0.25, -0.2) is 19.3 Å². The van der Waals surface area contributed by atoms with Gasteiger partial charge in [0.05, 0.1) is 5.69 Å². The van der Waals surface area contributed by atoms with E-state index in [0.29, 0.717) is 30.1 Å². The SMILES string of the molecule is C=C(c1ccnc(NSC)c1)N1CC[C@H](N2Cc3cnc(N/C(C)=C/C(F)=C(/C)CC)nc3C2)C[C@H]1C. The van der Waals surface area contributed by atoms with Crippen molar-refractivity contribution in [2.75, 3.05) is 22.8 Å². The van der Waals surface area contributed by atoms with Crippen molar-refractivity contribution < 1.29 is 4.39 Å². The van der Waals surface area contributed by atoms with Crippen molar-refractivity contribution in [3.05, 3.63) is 71.1 Å². The quantitative estimate of drug-likeness (QED) is 0.290. The van der Waals surface area contributed by atoms with Crippen LogP contribution in [0.25, 0.3) is 5.70 Å². The summed E-state index contributed by atoms with van der Waals surface area (Å²) in [5, 5.41) is 3.15. The van der Waals surface area contributed by atoms with Gasteiger partial charge in [-0.15, -0.1) is 0 Å². The highest BCUT2D eigenvalue weighted by Crippen LogP contribution is 2.33. The molecule has 0 radical (unpaired) electrons. The Bertz CT molecular complexity index is 1190. The van der Waals surface area contributed by atoms with Gasteiger partial charge in [0.15, 0.2) is 0 Å². The molecule has 1 saturated heterocycles. The van der Waals surface area contributed by atoms with E-state index in [2.05, 4.69) is 49.4 Å². The largest absolute Gasteiger partial charge is 0.369 e. The Kier molecular flexibility index (Phi) is 8.87. The maximum absolute atomic E-state index is 14.2. The van der Waals surface area contributed by atoms with Crippen LogP contribution in [0, 0.1) is 0 Å². The number of aromatic nitrogens is 3. The summed E-state index contributed by atoms with van der Waals surface area (Å²) in [5.74, 6) is 1.16. The van der Waals surface area contributed by atoms with Gasteiger partial charge in [0.2, 0.25) is 5.95 Å². The molecule has 1 fully saturated rings. The van der Waals surface area contributed by atoms with Crippen LogP contribution in [0.3, 0.4) is 0 Å². The molecule has 7 nitrogen and oxygen atoms in total. The van der Waals surface area contributed by atoms with Crippen LogP contribution in [-0.4, -0.2) is 49.6 Å². The fourth-order valence-electron chi connectivity index (χ4n) is 5.01. The van der Waals surface area contributed by atoms with Crippen LogP contribution >= 0.6 is 11.9 Å². The number of likely N-dealkylation sites (tertiary alicyclic amines) is 1. The average molecular weight is 524 g/mol. The molecule has 0 aromatic carbocycles. The summed E-state index contributed by atoms with van der Waals surface area (Å²) >= 11 is 1.53. The Morgan fingerprint density at radius 2 is 2.11 bits per heavy atom. The Labute approximate surface area is 224 Å². The zero-order valence-electron chi connectivity index (χ0n) is 22.5. The molecule has 0 spiro atoms. The lowest BCUT2D eigenvalue weighted by Gasteiger charge is -2.43. The molecule has 4 heterocycles. The second kappa shape index (κ2) is 12.1. The van der Waals surface area contributed by atoms with Crippen molar-refractivity contribution in [1.29, 1.82) is 0 Å². The number of rotatable bonds is 9. The van der Waals surface area contributed by atoms with Crippen molar-refractivity contribution in [1.82, 2.24) is 24.8 Å². The first-order valence-corrected chi connectivity index (χ1v) is 14.1. The number of hydrogen-bond donors (Lipinski definition) is 2. The van der Waals surface area contributed by atoms with Gasteiger partial charge in [-0.1, -0.05) is 25.5 Å². The monoisotopic (exact) mass is 523 g/mol. The number of anilines is 2. The number of hydrogen-bond acceptors (Lipinski definition) is 8. The average Bonchev–Trinajstić information content (AvgIpc) is 3.31. The zero-order valence-corrected chi connectivity index (χ0v) is 23.3. The number of nitrogens with zero attached hydrogens (tertiary/aromatic N) is 5. The molecule has 4 rings (SSSR count). The zero-order chi connectivity index (χ0) is 26.5. The van der Waals surface area contributed by atoms with Crippen LogP contribution in [0.2, 0.25) is 0 Å². The second-order valence-electron chi connectivity index (χ2n) is 9.91. The number of fused-ring (bicyclic) bond motifs is 1. The number of halogens is 1.